The molecule has 3 fully saturated rings. The fraction of sp³-hybridized carbons (Fsp3) is 0.889. The maximum atomic E-state index is 12.7. The van der Waals surface area contributed by atoms with Crippen LogP contribution in [0.25, 0.3) is 0 Å². The summed E-state index contributed by atoms with van der Waals surface area (Å²) < 4.78 is 0. The molecule has 4 rings (SSSR count). The number of halogens is 1. The van der Waals surface area contributed by atoms with Crippen molar-refractivity contribution < 1.29 is 4.79 Å². The van der Waals surface area contributed by atoms with E-state index in [1.165, 1.54) is 51.4 Å². The molecule has 2 aliphatic carbocycles. The summed E-state index contributed by atoms with van der Waals surface area (Å²) in [6.07, 6.45) is 15.9. The normalized spacial score (nSPS) is 42.3. The number of carbonyl (C=O) groups excluding carboxylic acids is 1. The van der Waals surface area contributed by atoms with Crippen LogP contribution in [0.1, 0.15) is 105 Å². The Morgan fingerprint density at radius 1 is 1.10 bits per heavy atom. The maximum Gasteiger partial charge on any atom is 0.228 e. The Bertz CT molecular complexity index is 686. The van der Waals surface area contributed by atoms with Crippen molar-refractivity contribution >= 4 is 17.5 Å². The molecule has 0 unspecified atom stereocenters. The SMILES string of the molecule is CC(C)CCC[C@@H](C)[C@H]1CCC[C@H]2[C@@H]3CC=C(Cl)N4C(=O)CC[C@]4(C)[C@H]3CC[C@]12C. The average molecular weight is 434 g/mol. The first-order valence-electron chi connectivity index (χ1n) is 12.9. The quantitative estimate of drug-likeness (QED) is 0.405. The molecule has 30 heavy (non-hydrogen) atoms. The molecule has 2 aliphatic heterocycles. The minimum Gasteiger partial charge on any atom is -0.297 e. The van der Waals surface area contributed by atoms with Crippen molar-refractivity contribution in [3.63, 3.8) is 0 Å². The third-order valence-electron chi connectivity index (χ3n) is 10.1. The van der Waals surface area contributed by atoms with Crippen LogP contribution in [0.3, 0.4) is 0 Å². The van der Waals surface area contributed by atoms with Gasteiger partial charge in [0.05, 0.1) is 0 Å². The molecule has 170 valence electrons. The fourth-order valence-corrected chi connectivity index (χ4v) is 8.90. The molecule has 7 atom stereocenters. The van der Waals surface area contributed by atoms with Crippen LogP contribution in [0.5, 0.6) is 0 Å². The molecular formula is C27H44ClNO. The van der Waals surface area contributed by atoms with Crippen LogP contribution in [-0.2, 0) is 4.79 Å². The molecule has 0 spiro atoms. The van der Waals surface area contributed by atoms with Crippen LogP contribution in [0.2, 0.25) is 0 Å². The molecule has 0 aromatic heterocycles. The van der Waals surface area contributed by atoms with Gasteiger partial charge in [0.2, 0.25) is 5.91 Å². The van der Waals surface area contributed by atoms with E-state index in [1.54, 1.807) is 0 Å². The Hall–Kier alpha value is -0.500. The average Bonchev–Trinajstić information content (AvgIpc) is 2.93. The summed E-state index contributed by atoms with van der Waals surface area (Å²) in [5.74, 6) is 4.83. The lowest BCUT2D eigenvalue weighted by Crippen LogP contribution is -2.56. The summed E-state index contributed by atoms with van der Waals surface area (Å²) in [5, 5.41) is 0.713. The van der Waals surface area contributed by atoms with Gasteiger partial charge in [0.1, 0.15) is 5.16 Å². The van der Waals surface area contributed by atoms with Crippen molar-refractivity contribution in [1.82, 2.24) is 4.90 Å². The van der Waals surface area contributed by atoms with Gasteiger partial charge in [0, 0.05) is 12.0 Å². The molecule has 4 aliphatic rings. The van der Waals surface area contributed by atoms with Crippen LogP contribution < -0.4 is 0 Å². The molecule has 1 saturated heterocycles. The van der Waals surface area contributed by atoms with Gasteiger partial charge in [-0.05, 0) is 92.4 Å². The lowest BCUT2D eigenvalue weighted by Gasteiger charge is -2.60. The molecule has 2 nitrogen and oxygen atoms in total. The Morgan fingerprint density at radius 2 is 1.87 bits per heavy atom. The Labute approximate surface area is 190 Å². The number of fused-ring (bicyclic) bond motifs is 5. The molecule has 2 saturated carbocycles. The van der Waals surface area contributed by atoms with Gasteiger partial charge in [-0.3, -0.25) is 9.69 Å². The molecule has 2 heterocycles. The molecule has 0 N–H and O–H groups in total. The molecule has 0 aromatic rings. The van der Waals surface area contributed by atoms with Crippen molar-refractivity contribution in [2.75, 3.05) is 0 Å². The van der Waals surface area contributed by atoms with Crippen molar-refractivity contribution in [3.05, 3.63) is 11.2 Å². The zero-order valence-electron chi connectivity index (χ0n) is 20.1. The van der Waals surface area contributed by atoms with Gasteiger partial charge in [0.15, 0.2) is 0 Å². The second kappa shape index (κ2) is 8.45. The van der Waals surface area contributed by atoms with E-state index in [9.17, 15) is 4.79 Å². The zero-order chi connectivity index (χ0) is 21.7. The van der Waals surface area contributed by atoms with E-state index >= 15 is 0 Å². The van der Waals surface area contributed by atoms with Gasteiger partial charge in [-0.2, -0.15) is 0 Å². The fourth-order valence-electron chi connectivity index (χ4n) is 8.52. The Morgan fingerprint density at radius 3 is 2.60 bits per heavy atom. The van der Waals surface area contributed by atoms with E-state index in [-0.39, 0.29) is 11.4 Å². The van der Waals surface area contributed by atoms with Crippen molar-refractivity contribution in [3.8, 4) is 0 Å². The largest absolute Gasteiger partial charge is 0.297 e. The standard InChI is InChI=1S/C27H44ClNO/c1-18(2)8-6-9-19(3)21-10-7-11-22-20-12-13-24(28)29-25(30)15-17-27(29,5)23(20)14-16-26(21,22)4/h13,18-23H,6-12,14-17H2,1-5H3/t19-,20+,21-,22+,23+,26-,27-/m1/s1. The third-order valence-corrected chi connectivity index (χ3v) is 10.4. The second-order valence-corrected chi connectivity index (χ2v) is 12.5. The van der Waals surface area contributed by atoms with Gasteiger partial charge in [0.25, 0.3) is 0 Å². The lowest BCUT2D eigenvalue weighted by molar-refractivity contribution is -0.133. The van der Waals surface area contributed by atoms with E-state index in [2.05, 4.69) is 40.7 Å². The van der Waals surface area contributed by atoms with E-state index in [0.29, 0.717) is 28.8 Å². The van der Waals surface area contributed by atoms with Crippen molar-refractivity contribution in [2.24, 2.45) is 40.9 Å². The van der Waals surface area contributed by atoms with Gasteiger partial charge >= 0.3 is 0 Å². The predicted octanol–water partition coefficient (Wildman–Crippen LogP) is 7.76. The summed E-state index contributed by atoms with van der Waals surface area (Å²) in [6.45, 7) is 12.2. The smallest absolute Gasteiger partial charge is 0.228 e. The summed E-state index contributed by atoms with van der Waals surface area (Å²) >= 11 is 6.71. The number of nitrogens with zero attached hydrogens (tertiary/aromatic N) is 1. The summed E-state index contributed by atoms with van der Waals surface area (Å²) in [6, 6.07) is 0. The van der Waals surface area contributed by atoms with Crippen LogP contribution >= 0.6 is 11.6 Å². The van der Waals surface area contributed by atoms with Gasteiger partial charge in [-0.25, -0.2) is 0 Å². The molecule has 0 bridgehead atoms. The predicted molar refractivity (Wildman–Crippen MR) is 126 cm³/mol. The highest BCUT2D eigenvalue weighted by Gasteiger charge is 2.59. The highest BCUT2D eigenvalue weighted by molar-refractivity contribution is 6.30. The highest BCUT2D eigenvalue weighted by Crippen LogP contribution is 2.63. The second-order valence-electron chi connectivity index (χ2n) is 12.1. The zero-order valence-corrected chi connectivity index (χ0v) is 20.8. The Balaban J connectivity index is 1.57. The number of carbonyl (C=O) groups is 1. The van der Waals surface area contributed by atoms with Gasteiger partial charge in [-0.15, -0.1) is 0 Å². The summed E-state index contributed by atoms with van der Waals surface area (Å²) in [5.41, 5.74) is 0.397. The number of hydrogen-bond acceptors (Lipinski definition) is 1. The minimum absolute atomic E-state index is 0.0665. The van der Waals surface area contributed by atoms with Crippen molar-refractivity contribution in [2.45, 2.75) is 111 Å². The third kappa shape index (κ3) is 3.67. The lowest BCUT2D eigenvalue weighted by atomic mass is 9.46. The van der Waals surface area contributed by atoms with E-state index < -0.39 is 0 Å². The Kier molecular flexibility index (Phi) is 6.39. The monoisotopic (exact) mass is 433 g/mol. The first-order valence-corrected chi connectivity index (χ1v) is 13.2. The van der Waals surface area contributed by atoms with Crippen molar-refractivity contribution in [1.29, 1.82) is 0 Å². The van der Waals surface area contributed by atoms with E-state index in [1.807, 2.05) is 4.90 Å². The molecular weight excluding hydrogens is 390 g/mol. The summed E-state index contributed by atoms with van der Waals surface area (Å²) in [4.78, 5) is 14.7. The minimum atomic E-state index is -0.0665. The molecule has 0 radical (unpaired) electrons. The number of rotatable bonds is 5. The van der Waals surface area contributed by atoms with E-state index in [0.717, 1.165) is 36.5 Å². The first kappa shape index (κ1) is 22.7. The summed E-state index contributed by atoms with van der Waals surface area (Å²) in [7, 11) is 0. The van der Waals surface area contributed by atoms with E-state index in [4.69, 9.17) is 11.6 Å². The van der Waals surface area contributed by atoms with Gasteiger partial charge < -0.3 is 0 Å². The maximum absolute atomic E-state index is 12.7. The molecule has 0 aromatic carbocycles. The van der Waals surface area contributed by atoms with Gasteiger partial charge in [-0.1, -0.05) is 65.0 Å². The number of amides is 1. The van der Waals surface area contributed by atoms with Crippen LogP contribution in [0.4, 0.5) is 0 Å². The molecule has 3 heteroatoms. The number of allylic oxidation sites excluding steroid dienone is 1. The number of hydrogen-bond donors (Lipinski definition) is 0. The highest BCUT2D eigenvalue weighted by atomic mass is 35.5. The van der Waals surface area contributed by atoms with Crippen LogP contribution in [0, 0.1) is 40.9 Å². The topological polar surface area (TPSA) is 20.3 Å². The van der Waals surface area contributed by atoms with Crippen LogP contribution in [0.15, 0.2) is 11.2 Å². The first-order chi connectivity index (χ1) is 14.2. The van der Waals surface area contributed by atoms with Crippen LogP contribution in [-0.4, -0.2) is 16.3 Å². The molecule has 1 amide bonds.